The van der Waals surface area contributed by atoms with Gasteiger partial charge in [-0.05, 0) is 12.8 Å². The van der Waals surface area contributed by atoms with Crippen molar-refractivity contribution in [1.82, 2.24) is 15.2 Å². The Kier molecular flexibility index (Phi) is 2.80. The van der Waals surface area contributed by atoms with Crippen LogP contribution in [0.15, 0.2) is 6.33 Å². The second-order valence-electron chi connectivity index (χ2n) is 2.12. The molecule has 0 fully saturated rings. The van der Waals surface area contributed by atoms with E-state index in [4.69, 9.17) is 0 Å². The number of unbranched alkanes of at least 4 members (excludes halogenated alkanes) is 1. The average molecular weight is 136 g/mol. The Labute approximate surface area is 60.5 Å². The third-order valence-corrected chi connectivity index (χ3v) is 1.27. The maximum atomic E-state index is 3.99. The summed E-state index contributed by atoms with van der Waals surface area (Å²) in [5.41, 5.74) is 0.914. The summed E-state index contributed by atoms with van der Waals surface area (Å²) in [6.45, 7) is 2.15. The summed E-state index contributed by atoms with van der Waals surface area (Å²) in [4.78, 5) is 3.99. The van der Waals surface area contributed by atoms with Gasteiger partial charge in [0.2, 0.25) is 0 Å². The first-order valence-corrected chi connectivity index (χ1v) is 3.47. The molecule has 0 aromatic carbocycles. The molecule has 1 radical (unpaired) electrons. The summed E-state index contributed by atoms with van der Waals surface area (Å²) in [5.74, 6) is 0. The number of nitrogens with zero attached hydrogens (tertiary/aromatic N) is 3. The molecule has 0 saturated carbocycles. The minimum atomic E-state index is 0.914. The van der Waals surface area contributed by atoms with E-state index in [1.807, 2.05) is 0 Å². The molecule has 0 aliphatic heterocycles. The van der Waals surface area contributed by atoms with Crippen LogP contribution in [-0.2, 0) is 6.42 Å². The van der Waals surface area contributed by atoms with E-state index in [1.54, 1.807) is 0 Å². The third kappa shape index (κ3) is 2.09. The van der Waals surface area contributed by atoms with E-state index in [0.717, 1.165) is 18.5 Å². The molecule has 0 aliphatic rings. The van der Waals surface area contributed by atoms with Crippen molar-refractivity contribution in [1.29, 1.82) is 0 Å². The second kappa shape index (κ2) is 3.93. The third-order valence-electron chi connectivity index (χ3n) is 1.27. The SMILES string of the molecule is CCCCc1[c]nncn1. The molecule has 0 amide bonds. The van der Waals surface area contributed by atoms with Crippen LogP contribution in [-0.4, -0.2) is 15.2 Å². The van der Waals surface area contributed by atoms with Gasteiger partial charge in [-0.2, -0.15) is 0 Å². The summed E-state index contributed by atoms with van der Waals surface area (Å²) in [6, 6.07) is 0. The molecule has 1 rings (SSSR count). The van der Waals surface area contributed by atoms with Gasteiger partial charge in [0.25, 0.3) is 0 Å². The fourth-order valence-electron chi connectivity index (χ4n) is 0.701. The van der Waals surface area contributed by atoms with Crippen LogP contribution in [0.1, 0.15) is 25.5 Å². The van der Waals surface area contributed by atoms with Crippen LogP contribution in [0.3, 0.4) is 0 Å². The predicted molar refractivity (Wildman–Crippen MR) is 37.3 cm³/mol. The molecule has 1 aromatic rings. The highest BCUT2D eigenvalue weighted by atomic mass is 15.1. The molecule has 0 bridgehead atoms. The Morgan fingerprint density at radius 1 is 1.60 bits per heavy atom. The van der Waals surface area contributed by atoms with Gasteiger partial charge in [0, 0.05) is 0 Å². The summed E-state index contributed by atoms with van der Waals surface area (Å²) in [6.07, 6.45) is 7.48. The molecule has 1 aromatic heterocycles. The normalized spacial score (nSPS) is 9.70. The van der Waals surface area contributed by atoms with Gasteiger partial charge in [0.1, 0.15) is 12.5 Å². The lowest BCUT2D eigenvalue weighted by atomic mass is 10.2. The molecule has 0 saturated heterocycles. The van der Waals surface area contributed by atoms with Crippen LogP contribution in [0.25, 0.3) is 0 Å². The summed E-state index contributed by atoms with van der Waals surface area (Å²) in [7, 11) is 0. The topological polar surface area (TPSA) is 38.7 Å². The Hall–Kier alpha value is -0.990. The molecule has 0 spiro atoms. The van der Waals surface area contributed by atoms with Crippen molar-refractivity contribution in [2.24, 2.45) is 0 Å². The minimum Gasteiger partial charge on any atom is -0.237 e. The maximum Gasteiger partial charge on any atom is 0.138 e. The van der Waals surface area contributed by atoms with Gasteiger partial charge in [-0.15, -0.1) is 10.2 Å². The molecule has 0 N–H and O–H groups in total. The lowest BCUT2D eigenvalue weighted by Crippen LogP contribution is -1.92. The fraction of sp³-hybridized carbons (Fsp3) is 0.571. The van der Waals surface area contributed by atoms with Crippen LogP contribution < -0.4 is 0 Å². The molecule has 53 valence electrons. The predicted octanol–water partition coefficient (Wildman–Crippen LogP) is 1.01. The van der Waals surface area contributed by atoms with Crippen molar-refractivity contribution in [2.45, 2.75) is 26.2 Å². The van der Waals surface area contributed by atoms with Gasteiger partial charge in [0.15, 0.2) is 0 Å². The van der Waals surface area contributed by atoms with Gasteiger partial charge in [0.05, 0.1) is 5.69 Å². The van der Waals surface area contributed by atoms with Crippen molar-refractivity contribution < 1.29 is 0 Å². The quantitative estimate of drug-likeness (QED) is 0.622. The van der Waals surface area contributed by atoms with E-state index in [0.29, 0.717) is 0 Å². The summed E-state index contributed by atoms with van der Waals surface area (Å²) in [5, 5.41) is 7.14. The van der Waals surface area contributed by atoms with Crippen molar-refractivity contribution in [3.8, 4) is 0 Å². The smallest absolute Gasteiger partial charge is 0.138 e. The number of hydrogen-bond donors (Lipinski definition) is 0. The van der Waals surface area contributed by atoms with Gasteiger partial charge in [-0.1, -0.05) is 13.3 Å². The van der Waals surface area contributed by atoms with Crippen molar-refractivity contribution >= 4 is 0 Å². The van der Waals surface area contributed by atoms with E-state index in [-0.39, 0.29) is 0 Å². The zero-order chi connectivity index (χ0) is 7.23. The number of aromatic nitrogens is 3. The van der Waals surface area contributed by atoms with Gasteiger partial charge < -0.3 is 0 Å². The lowest BCUT2D eigenvalue weighted by molar-refractivity contribution is 0.758. The molecule has 3 heteroatoms. The number of hydrogen-bond acceptors (Lipinski definition) is 3. The first-order valence-electron chi connectivity index (χ1n) is 3.47. The van der Waals surface area contributed by atoms with E-state index in [1.165, 1.54) is 12.7 Å². The molecule has 0 unspecified atom stereocenters. The second-order valence-corrected chi connectivity index (χ2v) is 2.12. The molecule has 0 atom stereocenters. The lowest BCUT2D eigenvalue weighted by Gasteiger charge is -1.93. The number of rotatable bonds is 3. The molecular weight excluding hydrogens is 126 g/mol. The first kappa shape index (κ1) is 7.12. The van der Waals surface area contributed by atoms with E-state index >= 15 is 0 Å². The van der Waals surface area contributed by atoms with E-state index < -0.39 is 0 Å². The van der Waals surface area contributed by atoms with Gasteiger partial charge in [-0.25, -0.2) is 4.98 Å². The summed E-state index contributed by atoms with van der Waals surface area (Å²) >= 11 is 0. The minimum absolute atomic E-state index is 0.914. The zero-order valence-corrected chi connectivity index (χ0v) is 6.04. The standard InChI is InChI=1S/C7H10N3/c1-2-3-4-7-5-9-10-6-8-7/h6H,2-4H2,1H3. The van der Waals surface area contributed by atoms with Gasteiger partial charge in [-0.3, -0.25) is 0 Å². The van der Waals surface area contributed by atoms with Gasteiger partial charge >= 0.3 is 0 Å². The Balaban J connectivity index is 2.43. The van der Waals surface area contributed by atoms with Crippen molar-refractivity contribution in [3.63, 3.8) is 0 Å². The van der Waals surface area contributed by atoms with Crippen molar-refractivity contribution in [2.75, 3.05) is 0 Å². The highest BCUT2D eigenvalue weighted by Crippen LogP contribution is 1.96. The highest BCUT2D eigenvalue weighted by molar-refractivity contribution is 4.88. The fourth-order valence-corrected chi connectivity index (χ4v) is 0.701. The largest absolute Gasteiger partial charge is 0.237 e. The van der Waals surface area contributed by atoms with E-state index in [2.05, 4.69) is 28.3 Å². The molecule has 1 heterocycles. The number of aryl methyl sites for hydroxylation is 1. The zero-order valence-electron chi connectivity index (χ0n) is 6.04. The monoisotopic (exact) mass is 136 g/mol. The molecule has 0 aliphatic carbocycles. The van der Waals surface area contributed by atoms with Crippen LogP contribution in [0.2, 0.25) is 0 Å². The van der Waals surface area contributed by atoms with Crippen LogP contribution in [0.4, 0.5) is 0 Å². The Morgan fingerprint density at radius 2 is 2.50 bits per heavy atom. The summed E-state index contributed by atoms with van der Waals surface area (Å²) < 4.78 is 0. The molecular formula is C7H10N3. The Morgan fingerprint density at radius 3 is 3.10 bits per heavy atom. The van der Waals surface area contributed by atoms with E-state index in [9.17, 15) is 0 Å². The Bertz CT molecular complexity index is 173. The highest BCUT2D eigenvalue weighted by Gasteiger charge is 1.91. The average Bonchev–Trinajstić information content (AvgIpc) is 2.03. The van der Waals surface area contributed by atoms with Crippen LogP contribution in [0, 0.1) is 6.20 Å². The molecule has 10 heavy (non-hydrogen) atoms. The first-order chi connectivity index (χ1) is 4.93. The molecule has 3 nitrogen and oxygen atoms in total. The van der Waals surface area contributed by atoms with Crippen LogP contribution in [0.5, 0.6) is 0 Å². The van der Waals surface area contributed by atoms with Crippen molar-refractivity contribution in [3.05, 3.63) is 18.2 Å². The maximum absolute atomic E-state index is 3.99. The van der Waals surface area contributed by atoms with Crippen LogP contribution >= 0.6 is 0 Å².